The lowest BCUT2D eigenvalue weighted by atomic mass is 10.1. The van der Waals surface area contributed by atoms with Crippen LogP contribution in [-0.2, 0) is 0 Å². The third-order valence-corrected chi connectivity index (χ3v) is 4.99. The summed E-state index contributed by atoms with van der Waals surface area (Å²) in [4.78, 5) is 12.4. The highest BCUT2D eigenvalue weighted by Gasteiger charge is 2.22. The van der Waals surface area contributed by atoms with Crippen molar-refractivity contribution >= 4 is 44.8 Å². The summed E-state index contributed by atoms with van der Waals surface area (Å²) in [6.07, 6.45) is 0. The Hall–Kier alpha value is -0.0600. The zero-order valence-electron chi connectivity index (χ0n) is 8.86. The number of hydrogen-bond acceptors (Lipinski definition) is 2. The van der Waals surface area contributed by atoms with Crippen LogP contribution in [0.5, 0.6) is 0 Å². The number of hydrogen-bond donors (Lipinski definition) is 1. The molecular weight excluding hydrogens is 298 g/mol. The van der Waals surface area contributed by atoms with Crippen molar-refractivity contribution in [1.82, 2.24) is 5.32 Å². The molecule has 1 heterocycles. The molecular formula is C10H13BrClNOS. The highest BCUT2D eigenvalue weighted by Crippen LogP contribution is 2.27. The van der Waals surface area contributed by atoms with Gasteiger partial charge in [0.25, 0.3) is 5.91 Å². The lowest BCUT2D eigenvalue weighted by molar-refractivity contribution is 0.0925. The van der Waals surface area contributed by atoms with Crippen LogP contribution in [-0.4, -0.2) is 16.8 Å². The van der Waals surface area contributed by atoms with Gasteiger partial charge >= 0.3 is 0 Å². The lowest BCUT2D eigenvalue weighted by Gasteiger charge is -2.23. The van der Waals surface area contributed by atoms with Crippen LogP contribution in [0.15, 0.2) is 5.38 Å². The summed E-state index contributed by atoms with van der Waals surface area (Å²) >= 11 is 10.7. The molecule has 0 spiro atoms. The zero-order valence-corrected chi connectivity index (χ0v) is 12.0. The number of rotatable bonds is 3. The molecule has 0 fully saturated rings. The molecule has 84 valence electrons. The van der Waals surface area contributed by atoms with Crippen molar-refractivity contribution in [1.29, 1.82) is 0 Å². The summed E-state index contributed by atoms with van der Waals surface area (Å²) in [6.45, 7) is 5.80. The maximum atomic E-state index is 11.8. The van der Waals surface area contributed by atoms with E-state index in [9.17, 15) is 4.79 Å². The molecule has 0 saturated heterocycles. The van der Waals surface area contributed by atoms with Crippen molar-refractivity contribution in [2.45, 2.75) is 26.3 Å². The van der Waals surface area contributed by atoms with Crippen molar-refractivity contribution in [2.75, 3.05) is 5.33 Å². The first-order chi connectivity index (χ1) is 6.87. The van der Waals surface area contributed by atoms with E-state index in [1.54, 1.807) is 0 Å². The normalized spacial score (nSPS) is 11.5. The van der Waals surface area contributed by atoms with Gasteiger partial charge in [0.15, 0.2) is 0 Å². The van der Waals surface area contributed by atoms with Gasteiger partial charge in [-0.2, -0.15) is 0 Å². The standard InChI is InChI=1S/C10H13BrClNOS/c1-6-4-15-8(7(6)12)9(14)13-10(2,3)5-11/h4H,5H2,1-3H3,(H,13,14). The van der Waals surface area contributed by atoms with Gasteiger partial charge in [0.05, 0.1) is 5.02 Å². The second-order valence-electron chi connectivity index (χ2n) is 4.03. The maximum Gasteiger partial charge on any atom is 0.263 e. The number of thiophene rings is 1. The van der Waals surface area contributed by atoms with Gasteiger partial charge in [-0.05, 0) is 31.7 Å². The fourth-order valence-corrected chi connectivity index (χ4v) is 2.29. The molecule has 0 saturated carbocycles. The number of aryl methyl sites for hydroxylation is 1. The fraction of sp³-hybridized carbons (Fsp3) is 0.500. The molecule has 15 heavy (non-hydrogen) atoms. The largest absolute Gasteiger partial charge is 0.346 e. The summed E-state index contributed by atoms with van der Waals surface area (Å²) in [5, 5.41) is 6.06. The van der Waals surface area contributed by atoms with E-state index in [4.69, 9.17) is 11.6 Å². The van der Waals surface area contributed by atoms with Gasteiger partial charge in [-0.15, -0.1) is 11.3 Å². The van der Waals surface area contributed by atoms with Crippen LogP contribution in [0.25, 0.3) is 0 Å². The van der Waals surface area contributed by atoms with Gasteiger partial charge in [0.2, 0.25) is 0 Å². The second kappa shape index (κ2) is 4.85. The van der Waals surface area contributed by atoms with Crippen molar-refractivity contribution in [2.24, 2.45) is 0 Å². The third kappa shape index (κ3) is 3.20. The van der Waals surface area contributed by atoms with Crippen LogP contribution >= 0.6 is 38.9 Å². The monoisotopic (exact) mass is 309 g/mol. The van der Waals surface area contributed by atoms with E-state index in [-0.39, 0.29) is 11.4 Å². The molecule has 1 amide bonds. The van der Waals surface area contributed by atoms with Gasteiger partial charge in [-0.1, -0.05) is 27.5 Å². The van der Waals surface area contributed by atoms with E-state index in [2.05, 4.69) is 21.2 Å². The number of nitrogens with one attached hydrogen (secondary N) is 1. The van der Waals surface area contributed by atoms with Gasteiger partial charge in [0, 0.05) is 10.9 Å². The minimum absolute atomic E-state index is 0.109. The van der Waals surface area contributed by atoms with E-state index in [1.165, 1.54) is 11.3 Å². The van der Waals surface area contributed by atoms with Gasteiger partial charge in [-0.3, -0.25) is 4.79 Å². The van der Waals surface area contributed by atoms with E-state index in [0.717, 1.165) is 5.56 Å². The molecule has 5 heteroatoms. The topological polar surface area (TPSA) is 29.1 Å². The number of halogens is 2. The highest BCUT2D eigenvalue weighted by atomic mass is 79.9. The molecule has 0 atom stereocenters. The molecule has 1 aromatic heterocycles. The first-order valence-corrected chi connectivity index (χ1v) is 6.87. The predicted octanol–water partition coefficient (Wildman–Crippen LogP) is 3.61. The molecule has 1 aromatic rings. The Morgan fingerprint density at radius 1 is 1.67 bits per heavy atom. The average Bonchev–Trinajstić information content (AvgIpc) is 2.47. The predicted molar refractivity (Wildman–Crippen MR) is 69.4 cm³/mol. The second-order valence-corrected chi connectivity index (χ2v) is 5.85. The number of alkyl halides is 1. The minimum atomic E-state index is -0.266. The quantitative estimate of drug-likeness (QED) is 0.849. The summed E-state index contributed by atoms with van der Waals surface area (Å²) < 4.78 is 0. The molecule has 0 aliphatic heterocycles. The summed E-state index contributed by atoms with van der Waals surface area (Å²) in [5.41, 5.74) is 0.682. The van der Waals surface area contributed by atoms with Gasteiger partial charge < -0.3 is 5.32 Å². The molecule has 1 N–H and O–H groups in total. The Kier molecular flexibility index (Phi) is 4.20. The molecule has 0 bridgehead atoms. The first-order valence-electron chi connectivity index (χ1n) is 4.49. The smallest absolute Gasteiger partial charge is 0.263 e. The molecule has 0 aromatic carbocycles. The molecule has 0 unspecified atom stereocenters. The van der Waals surface area contributed by atoms with Crippen molar-refractivity contribution in [3.63, 3.8) is 0 Å². The maximum absolute atomic E-state index is 11.8. The van der Waals surface area contributed by atoms with E-state index >= 15 is 0 Å². The molecule has 0 radical (unpaired) electrons. The fourth-order valence-electron chi connectivity index (χ4n) is 0.981. The zero-order chi connectivity index (χ0) is 11.6. The Labute approximate surface area is 107 Å². The summed E-state index contributed by atoms with van der Waals surface area (Å²) in [5.74, 6) is -0.109. The van der Waals surface area contributed by atoms with Crippen LogP contribution < -0.4 is 5.32 Å². The first kappa shape index (κ1) is 13.0. The SMILES string of the molecule is Cc1csc(C(=O)NC(C)(C)CBr)c1Cl. The van der Waals surface area contributed by atoms with E-state index < -0.39 is 0 Å². The average molecular weight is 311 g/mol. The van der Waals surface area contributed by atoms with Crippen LogP contribution in [0, 0.1) is 6.92 Å². The molecule has 2 nitrogen and oxygen atoms in total. The summed E-state index contributed by atoms with van der Waals surface area (Å²) in [6, 6.07) is 0. The Morgan fingerprint density at radius 2 is 2.27 bits per heavy atom. The summed E-state index contributed by atoms with van der Waals surface area (Å²) in [7, 11) is 0. The lowest BCUT2D eigenvalue weighted by Crippen LogP contribution is -2.44. The molecule has 0 aliphatic carbocycles. The van der Waals surface area contributed by atoms with Gasteiger partial charge in [0.1, 0.15) is 4.88 Å². The number of carbonyl (C=O) groups excluding carboxylic acids is 1. The highest BCUT2D eigenvalue weighted by molar-refractivity contribution is 9.09. The van der Waals surface area contributed by atoms with E-state index in [1.807, 2.05) is 26.2 Å². The molecule has 0 aliphatic rings. The Bertz CT molecular complexity index is 375. The van der Waals surface area contributed by atoms with E-state index in [0.29, 0.717) is 15.2 Å². The Morgan fingerprint density at radius 3 is 2.67 bits per heavy atom. The van der Waals surface area contributed by atoms with Crippen molar-refractivity contribution in [3.8, 4) is 0 Å². The number of amides is 1. The van der Waals surface area contributed by atoms with Crippen molar-refractivity contribution < 1.29 is 4.79 Å². The van der Waals surface area contributed by atoms with Crippen LogP contribution in [0.1, 0.15) is 29.1 Å². The Balaban J connectivity index is 2.83. The van der Waals surface area contributed by atoms with Crippen molar-refractivity contribution in [3.05, 3.63) is 20.8 Å². The van der Waals surface area contributed by atoms with Gasteiger partial charge in [-0.25, -0.2) is 0 Å². The molecule has 1 rings (SSSR count). The number of carbonyl (C=O) groups is 1. The third-order valence-electron chi connectivity index (χ3n) is 1.89. The van der Waals surface area contributed by atoms with Crippen LogP contribution in [0.2, 0.25) is 5.02 Å². The minimum Gasteiger partial charge on any atom is -0.346 e. The van der Waals surface area contributed by atoms with Crippen LogP contribution in [0.4, 0.5) is 0 Å². The van der Waals surface area contributed by atoms with Crippen LogP contribution in [0.3, 0.4) is 0 Å².